The molecular formula is C50H31N3. The van der Waals surface area contributed by atoms with E-state index in [4.69, 9.17) is 0 Å². The van der Waals surface area contributed by atoms with Crippen molar-refractivity contribution in [2.45, 2.75) is 0 Å². The summed E-state index contributed by atoms with van der Waals surface area (Å²) >= 11 is 0. The number of hydrogen-bond acceptors (Lipinski definition) is 1. The number of hydrogen-bond donors (Lipinski definition) is 0. The molecule has 0 saturated carbocycles. The van der Waals surface area contributed by atoms with E-state index in [1.54, 1.807) is 0 Å². The van der Waals surface area contributed by atoms with E-state index in [-0.39, 0.29) is 0 Å². The van der Waals surface area contributed by atoms with Gasteiger partial charge >= 0.3 is 0 Å². The van der Waals surface area contributed by atoms with E-state index in [1.165, 1.54) is 81.8 Å². The Hall–Kier alpha value is -7.10. The van der Waals surface area contributed by atoms with Gasteiger partial charge in [0.1, 0.15) is 0 Å². The molecule has 12 rings (SSSR count). The molecule has 0 atom stereocenters. The van der Waals surface area contributed by atoms with Gasteiger partial charge in [-0.2, -0.15) is 0 Å². The second-order valence-corrected chi connectivity index (χ2v) is 14.1. The van der Waals surface area contributed by atoms with Gasteiger partial charge < -0.3 is 13.9 Å². The number of rotatable bonds is 5. The molecule has 0 fully saturated rings. The summed E-state index contributed by atoms with van der Waals surface area (Å²) < 4.78 is 5.02. The molecule has 0 N–H and O–H groups in total. The van der Waals surface area contributed by atoms with Crippen LogP contribution in [0.25, 0.3) is 87.5 Å². The maximum atomic E-state index is 2.53. The van der Waals surface area contributed by atoms with E-state index in [0.29, 0.717) is 0 Å². The topological polar surface area (TPSA) is 12.6 Å². The van der Waals surface area contributed by atoms with E-state index >= 15 is 0 Å². The molecular weight excluding hydrogens is 643 g/mol. The molecule has 3 nitrogen and oxygen atoms in total. The average Bonchev–Trinajstić information content (AvgIpc) is 3.70. The third kappa shape index (κ3) is 3.94. The lowest BCUT2D eigenvalue weighted by Crippen LogP contribution is -2.10. The highest BCUT2D eigenvalue weighted by molar-refractivity contribution is 6.37. The van der Waals surface area contributed by atoms with Crippen LogP contribution in [0.2, 0.25) is 0 Å². The van der Waals surface area contributed by atoms with Crippen molar-refractivity contribution in [1.29, 1.82) is 0 Å². The van der Waals surface area contributed by atoms with Gasteiger partial charge in [0, 0.05) is 55.1 Å². The first-order valence-corrected chi connectivity index (χ1v) is 18.3. The molecule has 0 bridgehead atoms. The maximum absolute atomic E-state index is 2.53. The van der Waals surface area contributed by atoms with E-state index in [0.717, 1.165) is 22.7 Å². The van der Waals surface area contributed by atoms with Crippen LogP contribution in [0.1, 0.15) is 0 Å². The third-order valence-electron chi connectivity index (χ3n) is 11.4. The van der Waals surface area contributed by atoms with Crippen molar-refractivity contribution in [2.24, 2.45) is 0 Å². The van der Waals surface area contributed by atoms with Gasteiger partial charge in [0.25, 0.3) is 0 Å². The SMILES string of the molecule is c1ccc(-c2ccc(N(c3ccccc3)c3cccc(-n4c5ccc6ccc7cccc8c7c6c5c5c4ccc4c6ccccc6n8c45)c3)cc2)cc1. The van der Waals surface area contributed by atoms with E-state index in [1.807, 2.05) is 0 Å². The summed E-state index contributed by atoms with van der Waals surface area (Å²) in [7, 11) is 0. The number of benzene rings is 9. The normalized spacial score (nSPS) is 12.2. The minimum atomic E-state index is 1.10. The van der Waals surface area contributed by atoms with Crippen molar-refractivity contribution in [2.75, 3.05) is 4.90 Å². The van der Waals surface area contributed by atoms with Crippen LogP contribution in [0.5, 0.6) is 0 Å². The van der Waals surface area contributed by atoms with Crippen molar-refractivity contribution in [1.82, 2.24) is 8.97 Å². The van der Waals surface area contributed by atoms with Crippen molar-refractivity contribution in [3.8, 4) is 16.8 Å². The lowest BCUT2D eigenvalue weighted by atomic mass is 9.97. The van der Waals surface area contributed by atoms with Crippen molar-refractivity contribution in [3.63, 3.8) is 0 Å². The molecule has 0 spiro atoms. The Bertz CT molecular complexity index is 3320. The van der Waals surface area contributed by atoms with Gasteiger partial charge in [0.05, 0.1) is 27.6 Å². The molecule has 53 heavy (non-hydrogen) atoms. The Morgan fingerprint density at radius 1 is 0.340 bits per heavy atom. The summed E-state index contributed by atoms with van der Waals surface area (Å²) in [4.78, 5) is 2.36. The molecule has 0 saturated heterocycles. The number of anilines is 3. The predicted molar refractivity (Wildman–Crippen MR) is 224 cm³/mol. The van der Waals surface area contributed by atoms with Gasteiger partial charge in [-0.05, 0) is 88.6 Å². The highest BCUT2D eigenvalue weighted by atomic mass is 15.1. The fourth-order valence-electron chi connectivity index (χ4n) is 9.16. The molecule has 3 heterocycles. The van der Waals surface area contributed by atoms with Gasteiger partial charge in [0.15, 0.2) is 0 Å². The third-order valence-corrected chi connectivity index (χ3v) is 11.4. The van der Waals surface area contributed by atoms with Crippen molar-refractivity contribution < 1.29 is 0 Å². The molecule has 0 amide bonds. The lowest BCUT2D eigenvalue weighted by molar-refractivity contribution is 1.17. The molecule has 3 aromatic heterocycles. The van der Waals surface area contributed by atoms with Crippen LogP contribution in [0.4, 0.5) is 17.1 Å². The molecule has 0 aliphatic rings. The van der Waals surface area contributed by atoms with Gasteiger partial charge in [-0.1, -0.05) is 121 Å². The lowest BCUT2D eigenvalue weighted by Gasteiger charge is -2.26. The second-order valence-electron chi connectivity index (χ2n) is 14.1. The average molecular weight is 674 g/mol. The Morgan fingerprint density at radius 2 is 0.962 bits per heavy atom. The summed E-state index contributed by atoms with van der Waals surface area (Å²) in [5.74, 6) is 0. The first-order chi connectivity index (χ1) is 26.3. The fourth-order valence-corrected chi connectivity index (χ4v) is 9.16. The first-order valence-electron chi connectivity index (χ1n) is 18.3. The number of nitrogens with zero attached hydrogens (tertiary/aromatic N) is 3. The van der Waals surface area contributed by atoms with Gasteiger partial charge in [0.2, 0.25) is 0 Å². The zero-order valence-electron chi connectivity index (χ0n) is 28.7. The molecule has 246 valence electrons. The summed E-state index contributed by atoms with van der Waals surface area (Å²) in [6.45, 7) is 0. The number of aromatic nitrogens is 2. The summed E-state index contributed by atoms with van der Waals surface area (Å²) in [5.41, 5.74) is 13.1. The Balaban J connectivity index is 1.15. The van der Waals surface area contributed by atoms with Crippen molar-refractivity contribution in [3.05, 3.63) is 188 Å². The quantitative estimate of drug-likeness (QED) is 0.166. The van der Waals surface area contributed by atoms with Crippen LogP contribution in [0, 0.1) is 0 Å². The summed E-state index contributed by atoms with van der Waals surface area (Å²) in [5, 5.41) is 10.4. The van der Waals surface area contributed by atoms with Gasteiger partial charge in [-0.3, -0.25) is 0 Å². The monoisotopic (exact) mass is 673 g/mol. The van der Waals surface area contributed by atoms with Crippen LogP contribution in [-0.4, -0.2) is 8.97 Å². The Kier molecular flexibility index (Phi) is 5.77. The smallest absolute Gasteiger partial charge is 0.0641 e. The van der Waals surface area contributed by atoms with Gasteiger partial charge in [-0.25, -0.2) is 0 Å². The Labute approximate surface area is 305 Å². The van der Waals surface area contributed by atoms with Gasteiger partial charge in [-0.15, -0.1) is 0 Å². The van der Waals surface area contributed by atoms with Crippen molar-refractivity contribution >= 4 is 87.7 Å². The minimum absolute atomic E-state index is 1.10. The van der Waals surface area contributed by atoms with Crippen LogP contribution in [-0.2, 0) is 0 Å². The minimum Gasteiger partial charge on any atom is -0.310 e. The molecule has 9 aromatic carbocycles. The zero-order valence-corrected chi connectivity index (χ0v) is 28.7. The van der Waals surface area contributed by atoms with E-state index in [2.05, 4.69) is 202 Å². The highest BCUT2D eigenvalue weighted by Gasteiger charge is 2.25. The first kappa shape index (κ1) is 28.6. The van der Waals surface area contributed by atoms with Crippen LogP contribution in [0.3, 0.4) is 0 Å². The maximum Gasteiger partial charge on any atom is 0.0641 e. The molecule has 12 aromatic rings. The Morgan fingerprint density at radius 3 is 1.81 bits per heavy atom. The standard InChI is InChI=1S/C50H31N3/c1-3-11-32(12-4-1)33-23-26-37(27-24-33)51(36-14-5-2-6-15-36)38-16-10-17-39(31-38)52-44-29-25-35-22-21-34-13-9-20-43-46(34)47(35)48(44)49-45(52)30-28-41-40-18-7-8-19-42(40)53(43)50(41)49/h1-31H. The zero-order chi connectivity index (χ0) is 34.6. The molecule has 0 unspecified atom stereocenters. The molecule has 0 aliphatic carbocycles. The van der Waals surface area contributed by atoms with E-state index < -0.39 is 0 Å². The molecule has 0 radical (unpaired) electrons. The molecule has 3 heteroatoms. The van der Waals surface area contributed by atoms with Crippen LogP contribution < -0.4 is 4.90 Å². The van der Waals surface area contributed by atoms with E-state index in [9.17, 15) is 0 Å². The molecule has 0 aliphatic heterocycles. The van der Waals surface area contributed by atoms with Crippen LogP contribution >= 0.6 is 0 Å². The second kappa shape index (κ2) is 10.7. The summed E-state index contributed by atoms with van der Waals surface area (Å²) in [6.07, 6.45) is 0. The van der Waals surface area contributed by atoms with Crippen LogP contribution in [0.15, 0.2) is 188 Å². The fraction of sp³-hybridized carbons (Fsp3) is 0. The number of fused-ring (bicyclic) bond motifs is 4. The largest absolute Gasteiger partial charge is 0.310 e. The predicted octanol–water partition coefficient (Wildman–Crippen LogP) is 13.7. The number of para-hydroxylation sites is 2. The highest BCUT2D eigenvalue weighted by Crippen LogP contribution is 2.48. The summed E-state index contributed by atoms with van der Waals surface area (Å²) in [6, 6.07) is 68.8.